The molecule has 2 rings (SSSR count). The normalized spacial score (nSPS) is 11.2. The zero-order valence-electron chi connectivity index (χ0n) is 11.3. The van der Waals surface area contributed by atoms with Crippen molar-refractivity contribution < 1.29 is 28.6 Å². The van der Waals surface area contributed by atoms with E-state index in [0.717, 1.165) is 24.3 Å². The van der Waals surface area contributed by atoms with E-state index in [0.29, 0.717) is 0 Å². The molecule has 22 heavy (non-hydrogen) atoms. The minimum absolute atomic E-state index is 0.107. The second-order valence-corrected chi connectivity index (χ2v) is 4.79. The number of hydrogen-bond donors (Lipinski definition) is 2. The summed E-state index contributed by atoms with van der Waals surface area (Å²) in [7, 11) is 0. The van der Waals surface area contributed by atoms with Gasteiger partial charge in [0, 0.05) is 0 Å². The fourth-order valence-electron chi connectivity index (χ4n) is 2.39. The number of aliphatic carboxylic acids is 2. The summed E-state index contributed by atoms with van der Waals surface area (Å²) in [5, 5.41) is 18.8. The van der Waals surface area contributed by atoms with Gasteiger partial charge in [-0.3, -0.25) is 9.59 Å². The van der Waals surface area contributed by atoms with Crippen molar-refractivity contribution in [2.45, 2.75) is 11.8 Å². The third-order valence-corrected chi connectivity index (χ3v) is 3.46. The quantitative estimate of drug-likeness (QED) is 0.890. The van der Waals surface area contributed by atoms with Crippen LogP contribution in [0.3, 0.4) is 0 Å². The van der Waals surface area contributed by atoms with Gasteiger partial charge in [0.15, 0.2) is 0 Å². The Labute approximate surface area is 124 Å². The maximum Gasteiger partial charge on any atom is 0.319 e. The van der Waals surface area contributed by atoms with E-state index in [1.54, 1.807) is 0 Å². The number of rotatable bonds is 5. The van der Waals surface area contributed by atoms with Crippen LogP contribution in [-0.2, 0) is 15.0 Å². The van der Waals surface area contributed by atoms with E-state index in [1.165, 1.54) is 24.3 Å². The number of benzene rings is 2. The second-order valence-electron chi connectivity index (χ2n) is 4.79. The Bertz CT molecular complexity index is 648. The van der Waals surface area contributed by atoms with Gasteiger partial charge in [-0.2, -0.15) is 0 Å². The van der Waals surface area contributed by atoms with Crippen LogP contribution in [0.5, 0.6) is 0 Å². The van der Waals surface area contributed by atoms with Crippen LogP contribution in [0.1, 0.15) is 17.5 Å². The van der Waals surface area contributed by atoms with Crippen LogP contribution in [0, 0.1) is 11.6 Å². The highest BCUT2D eigenvalue weighted by molar-refractivity contribution is 5.91. The van der Waals surface area contributed by atoms with Gasteiger partial charge in [0.2, 0.25) is 0 Å². The number of halogens is 2. The lowest BCUT2D eigenvalue weighted by atomic mass is 9.72. The zero-order valence-corrected chi connectivity index (χ0v) is 11.3. The maximum absolute atomic E-state index is 13.1. The molecule has 6 heteroatoms. The largest absolute Gasteiger partial charge is 0.481 e. The lowest BCUT2D eigenvalue weighted by molar-refractivity contribution is -0.148. The molecule has 2 aromatic rings. The lowest BCUT2D eigenvalue weighted by Gasteiger charge is -2.29. The van der Waals surface area contributed by atoms with E-state index >= 15 is 0 Å². The average Bonchev–Trinajstić information content (AvgIpc) is 2.46. The summed E-state index contributed by atoms with van der Waals surface area (Å²) in [6.07, 6.45) is -0.750. The van der Waals surface area contributed by atoms with E-state index in [-0.39, 0.29) is 11.1 Å². The summed E-state index contributed by atoms with van der Waals surface area (Å²) in [5.41, 5.74) is -1.71. The van der Waals surface area contributed by atoms with Gasteiger partial charge >= 0.3 is 11.9 Å². The van der Waals surface area contributed by atoms with E-state index in [2.05, 4.69) is 0 Å². The number of hydrogen-bond acceptors (Lipinski definition) is 2. The fraction of sp³-hybridized carbons (Fsp3) is 0.125. The molecule has 0 amide bonds. The lowest BCUT2D eigenvalue weighted by Crippen LogP contribution is -2.39. The molecule has 0 saturated carbocycles. The average molecular weight is 306 g/mol. The molecule has 0 bridgehead atoms. The van der Waals surface area contributed by atoms with Crippen molar-refractivity contribution in [2.75, 3.05) is 0 Å². The molecule has 2 N–H and O–H groups in total. The van der Waals surface area contributed by atoms with Gasteiger partial charge < -0.3 is 10.2 Å². The van der Waals surface area contributed by atoms with Crippen molar-refractivity contribution in [3.63, 3.8) is 0 Å². The molecule has 0 aliphatic rings. The van der Waals surface area contributed by atoms with Crippen LogP contribution in [-0.4, -0.2) is 22.2 Å². The maximum atomic E-state index is 13.1. The molecule has 0 aliphatic carbocycles. The van der Waals surface area contributed by atoms with Crippen molar-refractivity contribution in [1.82, 2.24) is 0 Å². The summed E-state index contributed by atoms with van der Waals surface area (Å²) in [6, 6.07) is 9.09. The van der Waals surface area contributed by atoms with Crippen LogP contribution in [0.25, 0.3) is 0 Å². The topological polar surface area (TPSA) is 74.6 Å². The van der Waals surface area contributed by atoms with Gasteiger partial charge in [-0.1, -0.05) is 24.3 Å². The number of carboxylic acids is 2. The van der Waals surface area contributed by atoms with Gasteiger partial charge in [-0.15, -0.1) is 0 Å². The molecule has 2 aromatic carbocycles. The van der Waals surface area contributed by atoms with Crippen molar-refractivity contribution in [3.8, 4) is 0 Å². The van der Waals surface area contributed by atoms with Crippen LogP contribution in [0.2, 0.25) is 0 Å². The minimum Gasteiger partial charge on any atom is -0.481 e. The molecule has 4 nitrogen and oxygen atoms in total. The molecule has 0 spiro atoms. The monoisotopic (exact) mass is 306 g/mol. The first-order chi connectivity index (χ1) is 10.4. The predicted molar refractivity (Wildman–Crippen MR) is 73.5 cm³/mol. The highest BCUT2D eigenvalue weighted by atomic mass is 19.1. The van der Waals surface area contributed by atoms with Gasteiger partial charge in [0.1, 0.15) is 17.0 Å². The highest BCUT2D eigenvalue weighted by Gasteiger charge is 2.44. The second kappa shape index (κ2) is 5.93. The Balaban J connectivity index is 2.70. The zero-order chi connectivity index (χ0) is 16.3. The minimum atomic E-state index is -1.92. The van der Waals surface area contributed by atoms with Crippen LogP contribution < -0.4 is 0 Å². The Kier molecular flexibility index (Phi) is 4.21. The SMILES string of the molecule is O=C(O)CC(C(=O)O)(c1ccc(F)cc1)c1ccc(F)cc1. The summed E-state index contributed by atoms with van der Waals surface area (Å²) in [4.78, 5) is 23.1. The predicted octanol–water partition coefficient (Wildman–Crippen LogP) is 2.81. The molecule has 0 radical (unpaired) electrons. The van der Waals surface area contributed by atoms with Gasteiger partial charge in [0.05, 0.1) is 6.42 Å². The van der Waals surface area contributed by atoms with E-state index in [4.69, 9.17) is 5.11 Å². The molecule has 0 unspecified atom stereocenters. The Morgan fingerprint density at radius 1 is 0.818 bits per heavy atom. The summed E-state index contributed by atoms with van der Waals surface area (Å²) >= 11 is 0. The Morgan fingerprint density at radius 3 is 1.45 bits per heavy atom. The summed E-state index contributed by atoms with van der Waals surface area (Å²) in [6.45, 7) is 0. The first kappa shape index (κ1) is 15.6. The molecule has 114 valence electrons. The fourth-order valence-corrected chi connectivity index (χ4v) is 2.39. The van der Waals surface area contributed by atoms with Gasteiger partial charge in [-0.25, -0.2) is 8.78 Å². The molecule has 0 fully saturated rings. The van der Waals surface area contributed by atoms with Gasteiger partial charge in [-0.05, 0) is 35.4 Å². The molecule has 0 aromatic heterocycles. The molecule has 0 aliphatic heterocycles. The Morgan fingerprint density at radius 2 is 1.18 bits per heavy atom. The van der Waals surface area contributed by atoms with Crippen molar-refractivity contribution >= 4 is 11.9 Å². The summed E-state index contributed by atoms with van der Waals surface area (Å²) in [5.74, 6) is -3.89. The number of carbonyl (C=O) groups is 2. The van der Waals surface area contributed by atoms with Crippen molar-refractivity contribution in [2.24, 2.45) is 0 Å². The number of carboxylic acid groups (broad SMARTS) is 2. The van der Waals surface area contributed by atoms with Crippen molar-refractivity contribution in [1.29, 1.82) is 0 Å². The summed E-state index contributed by atoms with van der Waals surface area (Å²) < 4.78 is 26.2. The first-order valence-corrected chi connectivity index (χ1v) is 6.33. The van der Waals surface area contributed by atoms with Gasteiger partial charge in [0.25, 0.3) is 0 Å². The smallest absolute Gasteiger partial charge is 0.319 e. The third kappa shape index (κ3) is 2.81. The molecular weight excluding hydrogens is 294 g/mol. The van der Waals surface area contributed by atoms with Crippen LogP contribution in [0.4, 0.5) is 8.78 Å². The molecule has 0 saturated heterocycles. The van der Waals surface area contributed by atoms with E-state index in [9.17, 15) is 23.5 Å². The Hall–Kier alpha value is -2.76. The van der Waals surface area contributed by atoms with Crippen LogP contribution in [0.15, 0.2) is 48.5 Å². The molecular formula is C16H12F2O4. The molecule has 0 atom stereocenters. The van der Waals surface area contributed by atoms with E-state index < -0.39 is 35.4 Å². The van der Waals surface area contributed by atoms with E-state index in [1.807, 2.05) is 0 Å². The first-order valence-electron chi connectivity index (χ1n) is 6.33. The highest BCUT2D eigenvalue weighted by Crippen LogP contribution is 2.36. The molecule has 0 heterocycles. The van der Waals surface area contributed by atoms with Crippen LogP contribution >= 0.6 is 0 Å². The van der Waals surface area contributed by atoms with Crippen molar-refractivity contribution in [3.05, 3.63) is 71.3 Å². The standard InChI is InChI=1S/C16H12F2O4/c17-12-5-1-10(2-6-12)16(15(21)22,9-14(19)20)11-3-7-13(18)8-4-11/h1-8H,9H2,(H,19,20)(H,21,22). The third-order valence-electron chi connectivity index (χ3n) is 3.46.